The van der Waals surface area contributed by atoms with Crippen molar-refractivity contribution in [2.75, 3.05) is 0 Å². The summed E-state index contributed by atoms with van der Waals surface area (Å²) in [6, 6.07) is 0. The number of ketones is 2. The fourth-order valence-electron chi connectivity index (χ4n) is 9.78. The van der Waals surface area contributed by atoms with Crippen molar-refractivity contribution in [3.8, 4) is 0 Å². The molecule has 4 fully saturated rings. The van der Waals surface area contributed by atoms with E-state index < -0.39 is 16.8 Å². The van der Waals surface area contributed by atoms with Crippen molar-refractivity contribution >= 4 is 17.5 Å². The van der Waals surface area contributed by atoms with E-state index in [0.717, 1.165) is 19.3 Å². The Kier molecular flexibility index (Phi) is 6.26. The fourth-order valence-corrected chi connectivity index (χ4v) is 9.78. The highest BCUT2D eigenvalue weighted by molar-refractivity contribution is 5.96. The second-order valence-corrected chi connectivity index (χ2v) is 15.0. The molecule has 2 bridgehead atoms. The number of rotatable bonds is 4. The van der Waals surface area contributed by atoms with E-state index in [2.05, 4.69) is 47.6 Å². The molecule has 0 aromatic rings. The van der Waals surface area contributed by atoms with Crippen LogP contribution < -0.4 is 0 Å². The minimum absolute atomic E-state index is 0.0183. The Balaban J connectivity index is 1.44. The molecule has 2 heterocycles. The van der Waals surface area contributed by atoms with Crippen molar-refractivity contribution in [1.29, 1.82) is 0 Å². The molecule has 212 valence electrons. The van der Waals surface area contributed by atoms with Crippen LogP contribution in [0.25, 0.3) is 0 Å². The first kappa shape index (κ1) is 28.0. The van der Waals surface area contributed by atoms with Crippen molar-refractivity contribution in [3.05, 3.63) is 12.2 Å². The Morgan fingerprint density at radius 2 is 1.74 bits per heavy atom. The van der Waals surface area contributed by atoms with Crippen LogP contribution in [0.15, 0.2) is 12.2 Å². The van der Waals surface area contributed by atoms with Gasteiger partial charge in [-0.3, -0.25) is 14.4 Å². The van der Waals surface area contributed by atoms with Gasteiger partial charge in [-0.1, -0.05) is 47.6 Å². The molecular formula is C32H48O6. The molecule has 0 amide bonds. The SMILES string of the molecule is CC(=O)O[C@H]1C[C@@H](C)[C@@]2(CC[C@@]3(C)C(=O)C=C[C@H]4[C@@]5(C)CCC(=O)C(C)(C)[C@@H]5CC[C@@]43C)O[C@@H]1C(C)(C)O2. The van der Waals surface area contributed by atoms with Gasteiger partial charge in [0.25, 0.3) is 0 Å². The Hall–Kier alpha value is -1.53. The van der Waals surface area contributed by atoms with Crippen LogP contribution in [-0.2, 0) is 28.6 Å². The minimum atomic E-state index is -0.804. The molecule has 2 saturated heterocycles. The lowest BCUT2D eigenvalue weighted by Crippen LogP contribution is -2.63. The van der Waals surface area contributed by atoms with Gasteiger partial charge in [0.05, 0.1) is 5.60 Å². The average Bonchev–Trinajstić information content (AvgIpc) is 3.05. The Bertz CT molecular complexity index is 1070. The van der Waals surface area contributed by atoms with Crippen LogP contribution in [0.5, 0.6) is 0 Å². The van der Waals surface area contributed by atoms with Gasteiger partial charge in [0.2, 0.25) is 0 Å². The summed E-state index contributed by atoms with van der Waals surface area (Å²) in [5, 5.41) is 0. The van der Waals surface area contributed by atoms with Gasteiger partial charge in [-0.15, -0.1) is 0 Å². The van der Waals surface area contributed by atoms with Crippen LogP contribution >= 0.6 is 0 Å². The first-order valence-corrected chi connectivity index (χ1v) is 14.7. The third kappa shape index (κ3) is 3.68. The summed E-state index contributed by atoms with van der Waals surface area (Å²) in [7, 11) is 0. The van der Waals surface area contributed by atoms with Gasteiger partial charge < -0.3 is 14.2 Å². The normalized spacial score (nSPS) is 48.8. The van der Waals surface area contributed by atoms with Crippen LogP contribution in [0.2, 0.25) is 0 Å². The van der Waals surface area contributed by atoms with E-state index in [0.29, 0.717) is 37.4 Å². The van der Waals surface area contributed by atoms with Crippen LogP contribution in [0.1, 0.15) is 107 Å². The third-order valence-electron chi connectivity index (χ3n) is 12.3. The highest BCUT2D eigenvalue weighted by Gasteiger charge is 2.67. The average molecular weight is 529 g/mol. The summed E-state index contributed by atoms with van der Waals surface area (Å²) in [4.78, 5) is 38.5. The smallest absolute Gasteiger partial charge is 0.302 e. The highest BCUT2D eigenvalue weighted by atomic mass is 16.8. The predicted molar refractivity (Wildman–Crippen MR) is 144 cm³/mol. The lowest BCUT2D eigenvalue weighted by Gasteiger charge is -2.66. The van der Waals surface area contributed by atoms with E-state index >= 15 is 0 Å². The maximum Gasteiger partial charge on any atom is 0.302 e. The molecule has 2 saturated carbocycles. The third-order valence-corrected chi connectivity index (χ3v) is 12.3. The standard InChI is InChI=1S/C32H48O6/c1-19-18-21(36-20(2)33)26-28(5,6)38-32(19,37-26)17-16-31(9)25(35)11-10-23-29(7)14-13-24(34)27(3,4)22(29)12-15-30(23,31)8/h10-11,19,21-23,26H,12-18H2,1-9H3/t19-,21+,22+,23+,26+,29+,30+,31+,32+/m1/s1. The number of esters is 1. The first-order chi connectivity index (χ1) is 17.4. The molecule has 6 heteroatoms. The number of hydrogen-bond acceptors (Lipinski definition) is 6. The van der Waals surface area contributed by atoms with Crippen molar-refractivity contribution in [2.45, 2.75) is 131 Å². The summed E-state index contributed by atoms with van der Waals surface area (Å²) >= 11 is 0. The molecule has 0 aromatic heterocycles. The molecular weight excluding hydrogens is 480 g/mol. The van der Waals surface area contributed by atoms with E-state index in [9.17, 15) is 14.4 Å². The van der Waals surface area contributed by atoms with Crippen molar-refractivity contribution < 1.29 is 28.6 Å². The van der Waals surface area contributed by atoms with Crippen LogP contribution in [0.3, 0.4) is 0 Å². The molecule has 5 rings (SSSR count). The lowest BCUT2D eigenvalue weighted by molar-refractivity contribution is -0.255. The van der Waals surface area contributed by atoms with Gasteiger partial charge in [0.15, 0.2) is 11.6 Å². The maximum absolute atomic E-state index is 13.8. The minimum Gasteiger partial charge on any atom is -0.460 e. The number of fused-ring (bicyclic) bond motifs is 5. The summed E-state index contributed by atoms with van der Waals surface area (Å²) in [6.45, 7) is 18.7. The number of allylic oxidation sites excluding steroid dienone is 2. The number of carbonyl (C=O) groups excluding carboxylic acids is 3. The molecule has 0 radical (unpaired) electrons. The Morgan fingerprint density at radius 3 is 2.39 bits per heavy atom. The molecule has 0 N–H and O–H groups in total. The number of Topliss-reactive ketones (excluding diaryl/α,β-unsaturated/α-hetero) is 1. The molecule has 5 aliphatic rings. The zero-order valence-corrected chi connectivity index (χ0v) is 24.9. The molecule has 38 heavy (non-hydrogen) atoms. The number of hydrogen-bond donors (Lipinski definition) is 0. The zero-order chi connectivity index (χ0) is 28.1. The molecule has 9 atom stereocenters. The quantitative estimate of drug-likeness (QED) is 0.404. The summed E-state index contributed by atoms with van der Waals surface area (Å²) in [6.07, 6.45) is 8.71. The zero-order valence-electron chi connectivity index (χ0n) is 24.9. The van der Waals surface area contributed by atoms with Gasteiger partial charge in [0.1, 0.15) is 18.0 Å². The van der Waals surface area contributed by atoms with Crippen LogP contribution in [0, 0.1) is 39.4 Å². The predicted octanol–water partition coefficient (Wildman–Crippen LogP) is 6.20. The monoisotopic (exact) mass is 528 g/mol. The summed E-state index contributed by atoms with van der Waals surface area (Å²) < 4.78 is 19.0. The van der Waals surface area contributed by atoms with Crippen LogP contribution in [0.4, 0.5) is 0 Å². The van der Waals surface area contributed by atoms with E-state index in [1.165, 1.54) is 6.92 Å². The van der Waals surface area contributed by atoms with E-state index in [1.54, 1.807) is 0 Å². The topological polar surface area (TPSA) is 78.9 Å². The van der Waals surface area contributed by atoms with Gasteiger partial charge in [-0.2, -0.15) is 0 Å². The lowest BCUT2D eigenvalue weighted by atomic mass is 9.37. The Labute approximate surface area is 228 Å². The second-order valence-electron chi connectivity index (χ2n) is 15.0. The van der Waals surface area contributed by atoms with E-state index in [1.807, 2.05) is 19.9 Å². The van der Waals surface area contributed by atoms with Gasteiger partial charge >= 0.3 is 5.97 Å². The van der Waals surface area contributed by atoms with E-state index in [4.69, 9.17) is 14.2 Å². The second kappa shape index (κ2) is 8.49. The molecule has 3 aliphatic carbocycles. The van der Waals surface area contributed by atoms with Crippen molar-refractivity contribution in [3.63, 3.8) is 0 Å². The molecule has 0 unspecified atom stereocenters. The van der Waals surface area contributed by atoms with Gasteiger partial charge in [0, 0.05) is 36.5 Å². The summed E-state index contributed by atoms with van der Waals surface area (Å²) in [5.41, 5.74) is -1.74. The molecule has 0 aromatic carbocycles. The molecule has 0 spiro atoms. The largest absolute Gasteiger partial charge is 0.460 e. The molecule has 6 nitrogen and oxygen atoms in total. The maximum atomic E-state index is 13.8. The van der Waals surface area contributed by atoms with Crippen molar-refractivity contribution in [2.24, 2.45) is 39.4 Å². The summed E-state index contributed by atoms with van der Waals surface area (Å²) in [5.74, 6) is 0.0287. The van der Waals surface area contributed by atoms with E-state index in [-0.39, 0.29) is 52.0 Å². The molecule has 2 aliphatic heterocycles. The number of carbonyl (C=O) groups is 3. The Morgan fingerprint density at radius 1 is 1.05 bits per heavy atom. The highest BCUT2D eigenvalue weighted by Crippen LogP contribution is 2.70. The van der Waals surface area contributed by atoms with Crippen LogP contribution in [-0.4, -0.2) is 41.1 Å². The van der Waals surface area contributed by atoms with Crippen molar-refractivity contribution in [1.82, 2.24) is 0 Å². The van der Waals surface area contributed by atoms with Gasteiger partial charge in [-0.25, -0.2) is 0 Å². The first-order valence-electron chi connectivity index (χ1n) is 14.7. The van der Waals surface area contributed by atoms with Gasteiger partial charge in [-0.05, 0) is 74.7 Å². The fraction of sp³-hybridized carbons (Fsp3) is 0.844. The number of ether oxygens (including phenoxy) is 3.